The van der Waals surface area contributed by atoms with E-state index in [1.165, 1.54) is 10.9 Å². The number of aromatic amines is 1. The number of hydrogen-bond acceptors (Lipinski definition) is 2. The van der Waals surface area contributed by atoms with Gasteiger partial charge in [0.05, 0.1) is 5.69 Å². The SMILES string of the molecule is CCCN1C(=O)[C@]2(NCCc3c2[nH]c2ccccc32)c2ccccc21. The Bertz CT molecular complexity index is 990. The Morgan fingerprint density at radius 2 is 1.92 bits per heavy atom. The number of anilines is 1. The molecule has 1 aromatic heterocycles. The van der Waals surface area contributed by atoms with Gasteiger partial charge in [-0.05, 0) is 30.5 Å². The van der Waals surface area contributed by atoms with E-state index >= 15 is 0 Å². The smallest absolute Gasteiger partial charge is 0.258 e. The molecule has 1 amide bonds. The van der Waals surface area contributed by atoms with E-state index in [-0.39, 0.29) is 5.91 Å². The number of carbonyl (C=O) groups excluding carboxylic acids is 1. The first kappa shape index (κ1) is 14.7. The molecule has 0 radical (unpaired) electrons. The molecule has 25 heavy (non-hydrogen) atoms. The first-order chi connectivity index (χ1) is 12.3. The second kappa shape index (κ2) is 5.20. The number of H-pyrrole nitrogens is 1. The van der Waals surface area contributed by atoms with Crippen LogP contribution in [0.15, 0.2) is 48.5 Å². The fourth-order valence-electron chi connectivity index (χ4n) is 4.55. The van der Waals surface area contributed by atoms with E-state index in [4.69, 9.17) is 0 Å². The van der Waals surface area contributed by atoms with Crippen molar-refractivity contribution < 1.29 is 4.79 Å². The normalized spacial score (nSPS) is 21.8. The van der Waals surface area contributed by atoms with E-state index in [9.17, 15) is 4.79 Å². The van der Waals surface area contributed by atoms with Gasteiger partial charge in [-0.15, -0.1) is 0 Å². The van der Waals surface area contributed by atoms with E-state index < -0.39 is 5.54 Å². The fourth-order valence-corrected chi connectivity index (χ4v) is 4.55. The van der Waals surface area contributed by atoms with Crippen molar-refractivity contribution in [2.45, 2.75) is 25.3 Å². The molecule has 0 unspecified atom stereocenters. The highest BCUT2D eigenvalue weighted by atomic mass is 16.2. The fraction of sp³-hybridized carbons (Fsp3) is 0.286. The van der Waals surface area contributed by atoms with E-state index in [1.807, 2.05) is 23.1 Å². The second-order valence-electron chi connectivity index (χ2n) is 6.92. The molecule has 4 heteroatoms. The lowest BCUT2D eigenvalue weighted by Crippen LogP contribution is -2.55. The van der Waals surface area contributed by atoms with E-state index in [0.29, 0.717) is 0 Å². The van der Waals surface area contributed by atoms with Gasteiger partial charge in [-0.25, -0.2) is 0 Å². The Morgan fingerprint density at radius 3 is 2.80 bits per heavy atom. The van der Waals surface area contributed by atoms with E-state index in [0.717, 1.165) is 48.4 Å². The van der Waals surface area contributed by atoms with Crippen LogP contribution in [0.5, 0.6) is 0 Å². The Kier molecular flexibility index (Phi) is 3.06. The monoisotopic (exact) mass is 331 g/mol. The summed E-state index contributed by atoms with van der Waals surface area (Å²) < 4.78 is 0. The largest absolute Gasteiger partial charge is 0.356 e. The van der Waals surface area contributed by atoms with Gasteiger partial charge in [0.15, 0.2) is 5.54 Å². The van der Waals surface area contributed by atoms with Gasteiger partial charge in [-0.2, -0.15) is 0 Å². The molecule has 2 aliphatic heterocycles. The van der Waals surface area contributed by atoms with Crippen molar-refractivity contribution in [3.63, 3.8) is 0 Å². The van der Waals surface area contributed by atoms with Crippen molar-refractivity contribution in [2.24, 2.45) is 0 Å². The molecule has 4 nitrogen and oxygen atoms in total. The molecule has 1 spiro atoms. The maximum absolute atomic E-state index is 13.6. The minimum atomic E-state index is -0.779. The highest BCUT2D eigenvalue weighted by Crippen LogP contribution is 2.47. The van der Waals surface area contributed by atoms with Gasteiger partial charge in [-0.1, -0.05) is 43.3 Å². The molecule has 2 aliphatic rings. The minimum Gasteiger partial charge on any atom is -0.356 e. The van der Waals surface area contributed by atoms with Crippen LogP contribution in [0.2, 0.25) is 0 Å². The lowest BCUT2D eigenvalue weighted by atomic mass is 9.82. The van der Waals surface area contributed by atoms with Crippen LogP contribution in [-0.4, -0.2) is 24.0 Å². The lowest BCUT2D eigenvalue weighted by molar-refractivity contribution is -0.123. The van der Waals surface area contributed by atoms with Crippen LogP contribution < -0.4 is 10.2 Å². The van der Waals surface area contributed by atoms with Crippen molar-refractivity contribution in [1.82, 2.24) is 10.3 Å². The van der Waals surface area contributed by atoms with E-state index in [1.54, 1.807) is 0 Å². The molecular weight excluding hydrogens is 310 g/mol. The molecule has 126 valence electrons. The zero-order valence-electron chi connectivity index (χ0n) is 14.3. The average Bonchev–Trinajstić information content (AvgIpc) is 3.14. The van der Waals surface area contributed by atoms with Crippen molar-refractivity contribution in [3.05, 3.63) is 65.4 Å². The average molecular weight is 331 g/mol. The number of nitrogens with zero attached hydrogens (tertiary/aromatic N) is 1. The molecule has 2 aromatic carbocycles. The third kappa shape index (κ3) is 1.78. The van der Waals surface area contributed by atoms with Gasteiger partial charge >= 0.3 is 0 Å². The topological polar surface area (TPSA) is 48.1 Å². The highest BCUT2D eigenvalue weighted by molar-refractivity contribution is 6.11. The number of fused-ring (bicyclic) bond motifs is 6. The molecule has 0 aliphatic carbocycles. The summed E-state index contributed by atoms with van der Waals surface area (Å²) in [4.78, 5) is 19.1. The van der Waals surface area contributed by atoms with Crippen LogP contribution in [-0.2, 0) is 16.8 Å². The summed E-state index contributed by atoms with van der Waals surface area (Å²) >= 11 is 0. The van der Waals surface area contributed by atoms with Gasteiger partial charge in [0.1, 0.15) is 0 Å². The quantitative estimate of drug-likeness (QED) is 0.757. The summed E-state index contributed by atoms with van der Waals surface area (Å²) in [7, 11) is 0. The summed E-state index contributed by atoms with van der Waals surface area (Å²) in [6.07, 6.45) is 1.88. The Hall–Kier alpha value is -2.59. The number of amides is 1. The number of para-hydroxylation sites is 2. The first-order valence-electron chi connectivity index (χ1n) is 9.04. The van der Waals surface area contributed by atoms with Crippen LogP contribution in [0.4, 0.5) is 5.69 Å². The zero-order chi connectivity index (χ0) is 17.0. The van der Waals surface area contributed by atoms with Crippen LogP contribution in [0.1, 0.15) is 30.2 Å². The molecule has 0 saturated carbocycles. The van der Waals surface area contributed by atoms with Crippen LogP contribution in [0.3, 0.4) is 0 Å². The number of nitrogens with one attached hydrogen (secondary N) is 2. The molecule has 0 fully saturated rings. The summed E-state index contributed by atoms with van der Waals surface area (Å²) in [5.74, 6) is 0.142. The van der Waals surface area contributed by atoms with Crippen molar-refractivity contribution in [2.75, 3.05) is 18.0 Å². The predicted octanol–water partition coefficient (Wildman–Crippen LogP) is 3.31. The van der Waals surface area contributed by atoms with E-state index in [2.05, 4.69) is 47.6 Å². The Morgan fingerprint density at radius 1 is 1.12 bits per heavy atom. The van der Waals surface area contributed by atoms with Gasteiger partial charge in [0.2, 0.25) is 0 Å². The van der Waals surface area contributed by atoms with Crippen molar-refractivity contribution in [1.29, 1.82) is 0 Å². The molecule has 2 N–H and O–H groups in total. The summed E-state index contributed by atoms with van der Waals surface area (Å²) in [6, 6.07) is 16.6. The minimum absolute atomic E-state index is 0.142. The molecule has 5 rings (SSSR count). The number of hydrogen-bond donors (Lipinski definition) is 2. The van der Waals surface area contributed by atoms with Crippen LogP contribution >= 0.6 is 0 Å². The standard InChI is InChI=1S/C21H21N3O/c1-2-13-24-18-10-6-4-8-16(18)21(20(24)25)19-15(11-12-22-21)14-7-3-5-9-17(14)23-19/h3-10,22-23H,2,11-13H2,1H3/t21-/m0/s1. The summed E-state index contributed by atoms with van der Waals surface area (Å²) in [5, 5.41) is 4.82. The van der Waals surface area contributed by atoms with Crippen LogP contribution in [0.25, 0.3) is 10.9 Å². The highest BCUT2D eigenvalue weighted by Gasteiger charge is 2.54. The maximum atomic E-state index is 13.6. The van der Waals surface area contributed by atoms with Gasteiger partial charge in [0, 0.05) is 35.2 Å². The molecular formula is C21H21N3O. The lowest BCUT2D eigenvalue weighted by Gasteiger charge is -2.34. The summed E-state index contributed by atoms with van der Waals surface area (Å²) in [6.45, 7) is 3.66. The summed E-state index contributed by atoms with van der Waals surface area (Å²) in [5.41, 5.74) is 4.73. The second-order valence-corrected chi connectivity index (χ2v) is 6.92. The molecule has 3 heterocycles. The molecule has 0 saturated heterocycles. The third-order valence-corrected chi connectivity index (χ3v) is 5.57. The van der Waals surface area contributed by atoms with Gasteiger partial charge < -0.3 is 9.88 Å². The third-order valence-electron chi connectivity index (χ3n) is 5.57. The Balaban J connectivity index is 1.82. The Labute approximate surface area is 146 Å². The van der Waals surface area contributed by atoms with Crippen LogP contribution in [0, 0.1) is 0 Å². The number of benzene rings is 2. The van der Waals surface area contributed by atoms with Gasteiger partial charge in [-0.3, -0.25) is 10.1 Å². The maximum Gasteiger partial charge on any atom is 0.258 e. The molecule has 0 bridgehead atoms. The number of carbonyl (C=O) groups is 1. The first-order valence-corrected chi connectivity index (χ1v) is 9.04. The molecule has 1 atom stereocenters. The van der Waals surface area contributed by atoms with Gasteiger partial charge in [0.25, 0.3) is 5.91 Å². The zero-order valence-corrected chi connectivity index (χ0v) is 14.3. The number of rotatable bonds is 2. The molecule has 3 aromatic rings. The number of aromatic nitrogens is 1. The van der Waals surface area contributed by atoms with Crippen molar-refractivity contribution >= 4 is 22.5 Å². The van der Waals surface area contributed by atoms with Crippen molar-refractivity contribution in [3.8, 4) is 0 Å². The predicted molar refractivity (Wildman–Crippen MR) is 99.9 cm³/mol.